The second kappa shape index (κ2) is 7.07. The van der Waals surface area contributed by atoms with Gasteiger partial charge in [-0.1, -0.05) is 35.3 Å². The molecule has 3 aromatic carbocycles. The lowest BCUT2D eigenvalue weighted by Gasteiger charge is -2.11. The second-order valence-electron chi connectivity index (χ2n) is 6.87. The summed E-state index contributed by atoms with van der Waals surface area (Å²) in [5, 5.41) is 0.656. The zero-order valence-electron chi connectivity index (χ0n) is 15.3. The van der Waals surface area contributed by atoms with Gasteiger partial charge in [-0.15, -0.1) is 0 Å². The molecule has 0 aliphatic carbocycles. The van der Waals surface area contributed by atoms with Crippen LogP contribution in [-0.4, -0.2) is 35.0 Å². The Bertz CT molecular complexity index is 1810. The predicted molar refractivity (Wildman–Crippen MR) is 122 cm³/mol. The highest BCUT2D eigenvalue weighted by atomic mass is 35.5. The van der Waals surface area contributed by atoms with Crippen LogP contribution in [0.5, 0.6) is 0 Å². The molecule has 5 aromatic rings. The first-order valence-electron chi connectivity index (χ1n) is 8.79. The molecule has 152 valence electrons. The quantitative estimate of drug-likeness (QED) is 0.291. The van der Waals surface area contributed by atoms with Gasteiger partial charge in [-0.2, -0.15) is 8.42 Å². The summed E-state index contributed by atoms with van der Waals surface area (Å²) in [6, 6.07) is 11.4. The molecule has 0 amide bonds. The molecule has 11 heteroatoms. The number of H-pyrrole nitrogens is 2. The number of para-hydroxylation sites is 1. The number of nitrogens with one attached hydrogen (secondary N) is 2. The topological polar surface area (TPSA) is 109 Å². The Hall–Kier alpha value is -2.38. The summed E-state index contributed by atoms with van der Waals surface area (Å²) >= 11 is 14.1. The van der Waals surface area contributed by atoms with Crippen molar-refractivity contribution in [2.75, 3.05) is 0 Å². The van der Waals surface area contributed by atoms with Crippen molar-refractivity contribution in [1.29, 1.82) is 0 Å². The SMILES string of the molecule is O=c1c2ccccc2[nH]c2cc3c(=O)c4c(Cl)c(Cl)c(S(=O)(=O)[O][Al])cc4[nH]c3cc12. The predicted octanol–water partition coefficient (Wildman–Crippen LogP) is 3.77. The lowest BCUT2D eigenvalue weighted by atomic mass is 10.1. The molecule has 2 aromatic heterocycles. The first-order chi connectivity index (χ1) is 14.7. The van der Waals surface area contributed by atoms with Gasteiger partial charge in [0.15, 0.2) is 10.9 Å². The summed E-state index contributed by atoms with van der Waals surface area (Å²) in [6.45, 7) is 0. The minimum Gasteiger partial charge on any atom is -0.419 e. The molecule has 5 rings (SSSR count). The van der Waals surface area contributed by atoms with E-state index < -0.39 is 15.5 Å². The first kappa shape index (κ1) is 20.5. The van der Waals surface area contributed by atoms with E-state index in [-0.39, 0.29) is 36.7 Å². The van der Waals surface area contributed by atoms with E-state index in [1.165, 1.54) is 6.07 Å². The lowest BCUT2D eigenvalue weighted by Crippen LogP contribution is -2.10. The van der Waals surface area contributed by atoms with Gasteiger partial charge in [0, 0.05) is 21.7 Å². The van der Waals surface area contributed by atoms with Gasteiger partial charge in [0.25, 0.3) is 10.1 Å². The molecule has 0 saturated carbocycles. The molecule has 31 heavy (non-hydrogen) atoms. The molecule has 2 heterocycles. The maximum Gasteiger partial charge on any atom is 0.405 e. The number of halogens is 2. The summed E-state index contributed by atoms with van der Waals surface area (Å²) in [7, 11) is -4.21. The average Bonchev–Trinajstić information content (AvgIpc) is 2.75. The highest BCUT2D eigenvalue weighted by molar-refractivity contribution is 7.87. The molecule has 0 aliphatic rings. The normalized spacial score (nSPS) is 12.3. The van der Waals surface area contributed by atoms with Crippen LogP contribution in [0.2, 0.25) is 10.0 Å². The number of aromatic nitrogens is 2. The number of aromatic amines is 2. The Balaban J connectivity index is 1.97. The van der Waals surface area contributed by atoms with Crippen LogP contribution < -0.4 is 10.9 Å². The summed E-state index contributed by atoms with van der Waals surface area (Å²) in [5.41, 5.74) is 0.968. The van der Waals surface area contributed by atoms with E-state index in [4.69, 9.17) is 23.2 Å². The molecule has 2 N–H and O–H groups in total. The Morgan fingerprint density at radius 2 is 1.39 bits per heavy atom. The minimum atomic E-state index is -4.21. The van der Waals surface area contributed by atoms with Gasteiger partial charge in [0.2, 0.25) is 0 Å². The van der Waals surface area contributed by atoms with Crippen LogP contribution in [0.15, 0.2) is 56.9 Å². The molecule has 7 nitrogen and oxygen atoms in total. The highest BCUT2D eigenvalue weighted by Gasteiger charge is 2.23. The zero-order valence-corrected chi connectivity index (χ0v) is 18.8. The Labute approximate surface area is 192 Å². The van der Waals surface area contributed by atoms with E-state index >= 15 is 0 Å². The maximum atomic E-state index is 13.2. The molecular weight excluding hydrogens is 478 g/mol. The van der Waals surface area contributed by atoms with Gasteiger partial charge in [-0.05, 0) is 30.3 Å². The Morgan fingerprint density at radius 1 is 0.774 bits per heavy atom. The van der Waals surface area contributed by atoms with Crippen molar-refractivity contribution >= 4 is 93.6 Å². The lowest BCUT2D eigenvalue weighted by molar-refractivity contribution is 0.508. The molecule has 0 spiro atoms. The number of hydrogen-bond donors (Lipinski definition) is 2. The highest BCUT2D eigenvalue weighted by Crippen LogP contribution is 2.36. The third kappa shape index (κ3) is 3.01. The molecule has 0 fully saturated rings. The fourth-order valence-corrected chi connectivity index (χ4v) is 5.48. The fourth-order valence-electron chi connectivity index (χ4n) is 3.70. The van der Waals surface area contributed by atoms with Crippen LogP contribution in [0, 0.1) is 0 Å². The van der Waals surface area contributed by atoms with Gasteiger partial charge < -0.3 is 13.2 Å². The molecular formula is C20H9AlCl2N2O5S. The van der Waals surface area contributed by atoms with Crippen molar-refractivity contribution in [2.24, 2.45) is 0 Å². The molecule has 0 saturated heterocycles. The van der Waals surface area contributed by atoms with E-state index in [2.05, 4.69) is 13.2 Å². The number of hydrogen-bond acceptors (Lipinski definition) is 5. The fraction of sp³-hybridized carbons (Fsp3) is 0. The van der Waals surface area contributed by atoms with Crippen LogP contribution in [0.1, 0.15) is 0 Å². The molecule has 2 radical (unpaired) electrons. The molecule has 0 unspecified atom stereocenters. The van der Waals surface area contributed by atoms with Gasteiger partial charge >= 0.3 is 16.6 Å². The van der Waals surface area contributed by atoms with E-state index in [0.717, 1.165) is 0 Å². The first-order valence-corrected chi connectivity index (χ1v) is 11.4. The summed E-state index contributed by atoms with van der Waals surface area (Å²) in [6.07, 6.45) is 0. The molecule has 0 atom stereocenters. The van der Waals surface area contributed by atoms with Gasteiger partial charge in [-0.3, -0.25) is 9.59 Å². The number of benzene rings is 3. The van der Waals surface area contributed by atoms with Crippen LogP contribution >= 0.6 is 23.2 Å². The second-order valence-corrected chi connectivity index (χ2v) is 9.75. The van der Waals surface area contributed by atoms with Crippen LogP contribution in [-0.2, 0) is 13.4 Å². The van der Waals surface area contributed by atoms with Crippen molar-refractivity contribution in [2.45, 2.75) is 4.90 Å². The summed E-state index contributed by atoms with van der Waals surface area (Å²) in [4.78, 5) is 32.0. The maximum absolute atomic E-state index is 13.2. The van der Waals surface area contributed by atoms with E-state index in [9.17, 15) is 18.0 Å². The minimum absolute atomic E-state index is 0.0318. The standard InChI is InChI=1S/C20H10Cl2N2O5S.Al/c21-17-15(30(27,28)29)7-14-16(18(17)22)20(26)10-6-12-9(5-13(10)24-14)19(25)8-3-1-2-4-11(8)23-12;/h1-7H,(H,23,25)(H,24,26)(H,27,28,29);/q;+1/p-1. The van der Waals surface area contributed by atoms with Crippen molar-refractivity contribution in [3.05, 3.63) is 73.0 Å². The average molecular weight is 487 g/mol. The van der Waals surface area contributed by atoms with E-state index in [1.807, 2.05) is 0 Å². The van der Waals surface area contributed by atoms with Gasteiger partial charge in [0.1, 0.15) is 4.90 Å². The summed E-state index contributed by atoms with van der Waals surface area (Å²) in [5.74, 6) is 0. The third-order valence-corrected chi connectivity index (χ3v) is 8.01. The van der Waals surface area contributed by atoms with Crippen molar-refractivity contribution in [1.82, 2.24) is 9.97 Å². The smallest absolute Gasteiger partial charge is 0.405 e. The van der Waals surface area contributed by atoms with Crippen molar-refractivity contribution in [3.63, 3.8) is 0 Å². The zero-order chi connectivity index (χ0) is 22.1. The van der Waals surface area contributed by atoms with E-state index in [1.54, 1.807) is 53.0 Å². The Morgan fingerprint density at radius 3 is 2.06 bits per heavy atom. The number of fused-ring (bicyclic) bond motifs is 4. The van der Waals surface area contributed by atoms with E-state index in [0.29, 0.717) is 27.3 Å². The number of rotatable bonds is 2. The third-order valence-electron chi connectivity index (χ3n) is 5.15. The van der Waals surface area contributed by atoms with Crippen molar-refractivity contribution < 1.29 is 11.7 Å². The molecule has 0 bridgehead atoms. The van der Waals surface area contributed by atoms with Crippen LogP contribution in [0.25, 0.3) is 43.6 Å². The van der Waals surface area contributed by atoms with Gasteiger partial charge in [-0.25, -0.2) is 0 Å². The number of pyridine rings is 2. The monoisotopic (exact) mass is 486 g/mol. The molecule has 0 aliphatic heterocycles. The summed E-state index contributed by atoms with van der Waals surface area (Å²) < 4.78 is 28.8. The van der Waals surface area contributed by atoms with Crippen LogP contribution in [0.3, 0.4) is 0 Å². The van der Waals surface area contributed by atoms with Crippen molar-refractivity contribution in [3.8, 4) is 0 Å². The van der Waals surface area contributed by atoms with Gasteiger partial charge in [0.05, 0.1) is 32.0 Å². The Kier molecular flexibility index (Phi) is 4.68. The largest absolute Gasteiger partial charge is 0.419 e. The van der Waals surface area contributed by atoms with Crippen LogP contribution in [0.4, 0.5) is 0 Å².